The van der Waals surface area contributed by atoms with Gasteiger partial charge in [-0.3, -0.25) is 25.2 Å². The van der Waals surface area contributed by atoms with Crippen LogP contribution in [0.1, 0.15) is 36.0 Å². The highest BCUT2D eigenvalue weighted by Crippen LogP contribution is 2.27. The van der Waals surface area contributed by atoms with Crippen LogP contribution in [0.3, 0.4) is 0 Å². The standard InChI is InChI=1S/C20H20Cl2N2O4/c21-15-8-10-18(16(22)13-15)28-12-4-7-19(26)23-24-20(27)11-9-17(25)14-5-2-1-3-6-14/h1-3,5-6,8,10,13H,4,7,9,11-12H2,(H,23,26)(H,24,27). The summed E-state index contributed by atoms with van der Waals surface area (Å²) in [4.78, 5) is 35.4. The Labute approximate surface area is 173 Å². The van der Waals surface area contributed by atoms with Crippen LogP contribution in [0.15, 0.2) is 48.5 Å². The summed E-state index contributed by atoms with van der Waals surface area (Å²) in [5, 5.41) is 0.909. The van der Waals surface area contributed by atoms with Crippen molar-refractivity contribution in [1.29, 1.82) is 0 Å². The number of hydrogen-bond donors (Lipinski definition) is 2. The van der Waals surface area contributed by atoms with Crippen molar-refractivity contribution in [2.45, 2.75) is 25.7 Å². The Hall–Kier alpha value is -2.57. The van der Waals surface area contributed by atoms with Gasteiger partial charge in [-0.15, -0.1) is 0 Å². The molecule has 0 aliphatic carbocycles. The Morgan fingerprint density at radius 1 is 0.857 bits per heavy atom. The molecule has 0 heterocycles. The molecule has 0 saturated heterocycles. The molecule has 0 aliphatic heterocycles. The van der Waals surface area contributed by atoms with Crippen molar-refractivity contribution in [2.75, 3.05) is 6.61 Å². The van der Waals surface area contributed by atoms with Crippen LogP contribution < -0.4 is 15.6 Å². The first-order chi connectivity index (χ1) is 13.5. The smallest absolute Gasteiger partial charge is 0.238 e. The Kier molecular flexibility index (Phi) is 8.78. The van der Waals surface area contributed by atoms with Gasteiger partial charge in [0.05, 0.1) is 11.6 Å². The SMILES string of the molecule is O=C(CCCOc1ccc(Cl)cc1Cl)NNC(=O)CCC(=O)c1ccccc1. The molecule has 0 saturated carbocycles. The zero-order chi connectivity index (χ0) is 20.4. The molecular weight excluding hydrogens is 403 g/mol. The zero-order valence-electron chi connectivity index (χ0n) is 15.0. The summed E-state index contributed by atoms with van der Waals surface area (Å²) in [5.41, 5.74) is 5.17. The van der Waals surface area contributed by atoms with E-state index in [1.807, 2.05) is 6.07 Å². The van der Waals surface area contributed by atoms with Crippen molar-refractivity contribution in [1.82, 2.24) is 10.9 Å². The molecule has 28 heavy (non-hydrogen) atoms. The highest BCUT2D eigenvalue weighted by atomic mass is 35.5. The molecule has 0 spiro atoms. The Morgan fingerprint density at radius 2 is 1.54 bits per heavy atom. The molecule has 0 unspecified atom stereocenters. The molecule has 2 rings (SSSR count). The fourth-order valence-corrected chi connectivity index (χ4v) is 2.73. The van der Waals surface area contributed by atoms with Gasteiger partial charge in [-0.05, 0) is 24.6 Å². The maximum Gasteiger partial charge on any atom is 0.238 e. The Balaban J connectivity index is 1.59. The molecule has 8 heteroatoms. The third-order valence-corrected chi connectivity index (χ3v) is 4.25. The van der Waals surface area contributed by atoms with Crippen molar-refractivity contribution in [3.05, 3.63) is 64.1 Å². The molecular formula is C20H20Cl2N2O4. The summed E-state index contributed by atoms with van der Waals surface area (Å²) in [6.45, 7) is 0.286. The minimum atomic E-state index is -0.429. The average molecular weight is 423 g/mol. The van der Waals surface area contributed by atoms with Crippen LogP contribution in [0.2, 0.25) is 10.0 Å². The third kappa shape index (κ3) is 7.58. The van der Waals surface area contributed by atoms with Crippen molar-refractivity contribution < 1.29 is 19.1 Å². The molecule has 0 atom stereocenters. The number of Topliss-reactive ketones (excluding diaryl/α,β-unsaturated/α-hetero) is 1. The maximum atomic E-state index is 11.9. The molecule has 2 aromatic carbocycles. The van der Waals surface area contributed by atoms with Gasteiger partial charge in [0, 0.05) is 29.8 Å². The van der Waals surface area contributed by atoms with Crippen LogP contribution in [0, 0.1) is 0 Å². The summed E-state index contributed by atoms with van der Waals surface area (Å²) in [6, 6.07) is 13.6. The van der Waals surface area contributed by atoms with Crippen LogP contribution in [-0.2, 0) is 9.59 Å². The second-order valence-corrected chi connectivity index (χ2v) is 6.76. The largest absolute Gasteiger partial charge is 0.492 e. The molecule has 2 aromatic rings. The van der Waals surface area contributed by atoms with E-state index in [1.165, 1.54) is 0 Å². The number of carbonyl (C=O) groups is 3. The molecule has 2 amide bonds. The fraction of sp³-hybridized carbons (Fsp3) is 0.250. The average Bonchev–Trinajstić information content (AvgIpc) is 2.69. The molecule has 0 bridgehead atoms. The van der Waals surface area contributed by atoms with Gasteiger partial charge in [0.1, 0.15) is 5.75 Å². The quantitative estimate of drug-likeness (QED) is 0.363. The number of nitrogens with one attached hydrogen (secondary N) is 2. The molecule has 6 nitrogen and oxygen atoms in total. The number of amides is 2. The van der Waals surface area contributed by atoms with Gasteiger partial charge in [-0.1, -0.05) is 53.5 Å². The highest BCUT2D eigenvalue weighted by Gasteiger charge is 2.10. The normalized spacial score (nSPS) is 10.2. The van der Waals surface area contributed by atoms with Gasteiger partial charge in [0.25, 0.3) is 0 Å². The fourth-order valence-electron chi connectivity index (χ4n) is 2.27. The summed E-state index contributed by atoms with van der Waals surface area (Å²) in [5.74, 6) is -0.418. The summed E-state index contributed by atoms with van der Waals surface area (Å²) in [6.07, 6.45) is 0.662. The number of hydrogen-bond acceptors (Lipinski definition) is 4. The lowest BCUT2D eigenvalue weighted by Crippen LogP contribution is -2.41. The Morgan fingerprint density at radius 3 is 2.21 bits per heavy atom. The minimum absolute atomic E-state index is 0.00775. The molecule has 2 N–H and O–H groups in total. The Bertz CT molecular complexity index is 828. The number of carbonyl (C=O) groups excluding carboxylic acids is 3. The van der Waals surface area contributed by atoms with Crippen molar-refractivity contribution in [3.8, 4) is 5.75 Å². The van der Waals surface area contributed by atoms with E-state index in [0.717, 1.165) is 0 Å². The van der Waals surface area contributed by atoms with E-state index in [9.17, 15) is 14.4 Å². The lowest BCUT2D eigenvalue weighted by Gasteiger charge is -2.09. The molecule has 0 aliphatic rings. The van der Waals surface area contributed by atoms with E-state index in [2.05, 4.69) is 10.9 Å². The number of rotatable bonds is 9. The van der Waals surface area contributed by atoms with Gasteiger partial charge in [-0.2, -0.15) is 0 Å². The monoisotopic (exact) mass is 422 g/mol. The van der Waals surface area contributed by atoms with Crippen molar-refractivity contribution in [2.24, 2.45) is 0 Å². The summed E-state index contributed by atoms with van der Waals surface area (Å²) in [7, 11) is 0. The van der Waals surface area contributed by atoms with Crippen LogP contribution in [-0.4, -0.2) is 24.2 Å². The minimum Gasteiger partial charge on any atom is -0.492 e. The van der Waals surface area contributed by atoms with E-state index >= 15 is 0 Å². The van der Waals surface area contributed by atoms with E-state index in [1.54, 1.807) is 42.5 Å². The summed E-state index contributed by atoms with van der Waals surface area (Å²) >= 11 is 11.8. The van der Waals surface area contributed by atoms with Crippen molar-refractivity contribution >= 4 is 40.8 Å². The molecule has 0 fully saturated rings. The topological polar surface area (TPSA) is 84.5 Å². The van der Waals surface area contributed by atoms with Crippen LogP contribution in [0.25, 0.3) is 0 Å². The first kappa shape index (κ1) is 21.7. The van der Waals surface area contributed by atoms with Gasteiger partial charge in [-0.25, -0.2) is 0 Å². The number of halogens is 2. The van der Waals surface area contributed by atoms with Crippen LogP contribution in [0.4, 0.5) is 0 Å². The molecule has 0 radical (unpaired) electrons. The van der Waals surface area contributed by atoms with Gasteiger partial charge < -0.3 is 4.74 Å². The first-order valence-electron chi connectivity index (χ1n) is 8.69. The van der Waals surface area contributed by atoms with E-state index in [0.29, 0.717) is 27.8 Å². The van der Waals surface area contributed by atoms with E-state index in [-0.39, 0.29) is 37.6 Å². The second kappa shape index (κ2) is 11.3. The van der Waals surface area contributed by atoms with Crippen LogP contribution in [0.5, 0.6) is 5.75 Å². The predicted molar refractivity (Wildman–Crippen MR) is 107 cm³/mol. The van der Waals surface area contributed by atoms with E-state index in [4.69, 9.17) is 27.9 Å². The second-order valence-electron chi connectivity index (χ2n) is 5.91. The molecule has 148 valence electrons. The van der Waals surface area contributed by atoms with Crippen molar-refractivity contribution in [3.63, 3.8) is 0 Å². The lowest BCUT2D eigenvalue weighted by molar-refractivity contribution is -0.129. The molecule has 0 aromatic heterocycles. The maximum absolute atomic E-state index is 11.9. The van der Waals surface area contributed by atoms with Gasteiger partial charge in [0.2, 0.25) is 11.8 Å². The zero-order valence-corrected chi connectivity index (χ0v) is 16.6. The number of hydrazine groups is 1. The first-order valence-corrected chi connectivity index (χ1v) is 9.45. The number of ketones is 1. The van der Waals surface area contributed by atoms with Gasteiger partial charge >= 0.3 is 0 Å². The predicted octanol–water partition coefficient (Wildman–Crippen LogP) is 3.96. The van der Waals surface area contributed by atoms with E-state index < -0.39 is 5.91 Å². The van der Waals surface area contributed by atoms with Gasteiger partial charge in [0.15, 0.2) is 5.78 Å². The third-order valence-electron chi connectivity index (χ3n) is 3.72. The lowest BCUT2D eigenvalue weighted by atomic mass is 10.1. The van der Waals surface area contributed by atoms with Crippen LogP contribution >= 0.6 is 23.2 Å². The number of ether oxygens (including phenoxy) is 1. The summed E-state index contributed by atoms with van der Waals surface area (Å²) < 4.78 is 5.48. The number of benzene rings is 2. The highest BCUT2D eigenvalue weighted by molar-refractivity contribution is 6.35.